The molecule has 1 amide bonds. The summed E-state index contributed by atoms with van der Waals surface area (Å²) in [6.07, 6.45) is 5.43. The highest BCUT2D eigenvalue weighted by atomic mass is 19.1. The van der Waals surface area contributed by atoms with Gasteiger partial charge in [0.15, 0.2) is 0 Å². The van der Waals surface area contributed by atoms with Crippen molar-refractivity contribution in [2.24, 2.45) is 5.92 Å². The largest absolute Gasteiger partial charge is 0.497 e. The number of likely N-dealkylation sites (tertiary alicyclic amines) is 1. The van der Waals surface area contributed by atoms with Crippen LogP contribution < -0.4 is 4.74 Å². The third-order valence-corrected chi connectivity index (χ3v) is 8.10. The summed E-state index contributed by atoms with van der Waals surface area (Å²) in [5, 5.41) is 0. The summed E-state index contributed by atoms with van der Waals surface area (Å²) in [6, 6.07) is 25.5. The number of hydrogen-bond donors (Lipinski definition) is 0. The summed E-state index contributed by atoms with van der Waals surface area (Å²) < 4.78 is 20.3. The van der Waals surface area contributed by atoms with E-state index in [1.54, 1.807) is 25.3 Å². The van der Waals surface area contributed by atoms with E-state index < -0.39 is 5.82 Å². The molecule has 0 aromatic heterocycles. The fourth-order valence-corrected chi connectivity index (χ4v) is 6.20. The average Bonchev–Trinajstić information content (AvgIpc) is 3.34. The second-order valence-electron chi connectivity index (χ2n) is 10.6. The van der Waals surface area contributed by atoms with Crippen LogP contribution >= 0.6 is 0 Å². The third kappa shape index (κ3) is 6.04. The lowest BCUT2D eigenvalue weighted by molar-refractivity contribution is 0.0583. The molecule has 1 aliphatic carbocycles. The number of methoxy groups -OCH3 is 1. The maximum Gasteiger partial charge on any atom is 0.257 e. The number of rotatable bonds is 8. The maximum absolute atomic E-state index is 14.7. The molecule has 0 radical (unpaired) electrons. The van der Waals surface area contributed by atoms with E-state index in [2.05, 4.69) is 47.4 Å². The third-order valence-electron chi connectivity index (χ3n) is 8.10. The van der Waals surface area contributed by atoms with Crippen molar-refractivity contribution in [3.05, 3.63) is 101 Å². The summed E-state index contributed by atoms with van der Waals surface area (Å²) in [4.78, 5) is 18.3. The van der Waals surface area contributed by atoms with Crippen molar-refractivity contribution < 1.29 is 13.9 Å². The molecule has 1 saturated heterocycles. The Hall–Kier alpha value is -3.18. The van der Waals surface area contributed by atoms with E-state index in [0.717, 1.165) is 51.1 Å². The topological polar surface area (TPSA) is 32.8 Å². The second kappa shape index (κ2) is 11.9. The summed E-state index contributed by atoms with van der Waals surface area (Å²) in [7, 11) is 1.70. The van der Waals surface area contributed by atoms with Gasteiger partial charge in [0.2, 0.25) is 0 Å². The zero-order chi connectivity index (χ0) is 25.6. The smallest absolute Gasteiger partial charge is 0.257 e. The Morgan fingerprint density at radius 2 is 1.70 bits per heavy atom. The van der Waals surface area contributed by atoms with E-state index in [4.69, 9.17) is 4.74 Å². The minimum Gasteiger partial charge on any atom is -0.497 e. The standard InChI is InChI=1S/C32H37FN2O2/c1-37-28-16-10-13-25(19-28)30-23-34(20-24-11-4-2-5-12-24)21-26(30)22-35(27-14-6-3-7-15-27)32(36)29-17-8-9-18-31(29)33/h2,4-5,8-13,16-19,26-27,30H,3,6-7,14-15,20-23H2,1H3. The van der Waals surface area contributed by atoms with Crippen LogP contribution in [0.1, 0.15) is 59.5 Å². The minimum absolute atomic E-state index is 0.162. The van der Waals surface area contributed by atoms with Crippen LogP contribution in [0.15, 0.2) is 78.9 Å². The Labute approximate surface area is 220 Å². The molecule has 2 aliphatic rings. The van der Waals surface area contributed by atoms with Gasteiger partial charge in [0.25, 0.3) is 5.91 Å². The van der Waals surface area contributed by atoms with Gasteiger partial charge in [-0.15, -0.1) is 0 Å². The van der Waals surface area contributed by atoms with E-state index in [0.29, 0.717) is 6.54 Å². The van der Waals surface area contributed by atoms with Crippen LogP contribution in [0.3, 0.4) is 0 Å². The number of carbonyl (C=O) groups is 1. The molecule has 37 heavy (non-hydrogen) atoms. The Morgan fingerprint density at radius 3 is 2.46 bits per heavy atom. The zero-order valence-corrected chi connectivity index (χ0v) is 21.7. The van der Waals surface area contributed by atoms with Gasteiger partial charge in [0.1, 0.15) is 11.6 Å². The van der Waals surface area contributed by atoms with Crippen LogP contribution in [0.4, 0.5) is 4.39 Å². The van der Waals surface area contributed by atoms with Crippen LogP contribution in [0.2, 0.25) is 0 Å². The summed E-state index contributed by atoms with van der Waals surface area (Å²) in [5.74, 6) is 0.752. The first-order valence-corrected chi connectivity index (χ1v) is 13.6. The van der Waals surface area contributed by atoms with Crippen LogP contribution in [0.5, 0.6) is 5.75 Å². The quantitative estimate of drug-likeness (QED) is 0.353. The second-order valence-corrected chi connectivity index (χ2v) is 10.6. The molecule has 194 valence electrons. The molecule has 0 N–H and O–H groups in total. The van der Waals surface area contributed by atoms with Gasteiger partial charge < -0.3 is 9.64 Å². The molecular formula is C32H37FN2O2. The summed E-state index contributed by atoms with van der Waals surface area (Å²) in [6.45, 7) is 3.32. The lowest BCUT2D eigenvalue weighted by Crippen LogP contribution is -2.45. The molecule has 2 unspecified atom stereocenters. The molecule has 2 fully saturated rings. The van der Waals surface area contributed by atoms with Gasteiger partial charge in [-0.2, -0.15) is 0 Å². The number of ether oxygens (including phenoxy) is 1. The molecule has 1 saturated carbocycles. The van der Waals surface area contributed by atoms with Crippen molar-refractivity contribution in [2.45, 2.75) is 50.6 Å². The summed E-state index contributed by atoms with van der Waals surface area (Å²) in [5.41, 5.74) is 2.71. The first-order valence-electron chi connectivity index (χ1n) is 13.6. The lowest BCUT2D eigenvalue weighted by Gasteiger charge is -2.37. The van der Waals surface area contributed by atoms with E-state index in [1.807, 2.05) is 17.0 Å². The average molecular weight is 501 g/mol. The molecule has 3 aromatic carbocycles. The van der Waals surface area contributed by atoms with Crippen molar-refractivity contribution in [3.63, 3.8) is 0 Å². The van der Waals surface area contributed by atoms with Crippen LogP contribution in [0.25, 0.3) is 0 Å². The van der Waals surface area contributed by atoms with Crippen LogP contribution in [0, 0.1) is 11.7 Å². The molecule has 1 aliphatic heterocycles. The number of nitrogens with zero attached hydrogens (tertiary/aromatic N) is 2. The van der Waals surface area contributed by atoms with Gasteiger partial charge in [0.05, 0.1) is 12.7 Å². The number of halogens is 1. The van der Waals surface area contributed by atoms with Crippen molar-refractivity contribution >= 4 is 5.91 Å². The predicted molar refractivity (Wildman–Crippen MR) is 145 cm³/mol. The molecule has 1 heterocycles. The number of carbonyl (C=O) groups excluding carboxylic acids is 1. The Balaban J connectivity index is 1.44. The molecule has 4 nitrogen and oxygen atoms in total. The monoisotopic (exact) mass is 500 g/mol. The highest BCUT2D eigenvalue weighted by molar-refractivity contribution is 5.94. The lowest BCUT2D eigenvalue weighted by atomic mass is 9.86. The summed E-state index contributed by atoms with van der Waals surface area (Å²) >= 11 is 0. The number of amides is 1. The van der Waals surface area contributed by atoms with E-state index >= 15 is 0 Å². The van der Waals surface area contributed by atoms with Gasteiger partial charge in [-0.25, -0.2) is 4.39 Å². The molecule has 2 atom stereocenters. The fourth-order valence-electron chi connectivity index (χ4n) is 6.20. The van der Waals surface area contributed by atoms with Crippen molar-refractivity contribution in [1.82, 2.24) is 9.80 Å². The van der Waals surface area contributed by atoms with Crippen molar-refractivity contribution in [3.8, 4) is 5.75 Å². The molecule has 5 rings (SSSR count). The van der Waals surface area contributed by atoms with E-state index in [1.165, 1.54) is 23.6 Å². The van der Waals surface area contributed by atoms with E-state index in [9.17, 15) is 9.18 Å². The SMILES string of the molecule is COc1cccc(C2CN(Cc3ccccc3)CC2CN(C(=O)c2ccccc2F)C2CCCCC2)c1. The molecule has 0 bridgehead atoms. The van der Waals surface area contributed by atoms with Gasteiger partial charge in [-0.05, 0) is 54.2 Å². The minimum atomic E-state index is -0.435. The Kier molecular flexibility index (Phi) is 8.20. The molecular weight excluding hydrogens is 463 g/mol. The van der Waals surface area contributed by atoms with Crippen molar-refractivity contribution in [1.29, 1.82) is 0 Å². The number of benzene rings is 3. The highest BCUT2D eigenvalue weighted by Gasteiger charge is 2.38. The van der Waals surface area contributed by atoms with Crippen LogP contribution in [-0.4, -0.2) is 48.5 Å². The number of hydrogen-bond acceptors (Lipinski definition) is 3. The van der Waals surface area contributed by atoms with Gasteiger partial charge in [-0.3, -0.25) is 9.69 Å². The molecule has 5 heteroatoms. The fraction of sp³-hybridized carbons (Fsp3) is 0.406. The first-order chi connectivity index (χ1) is 18.1. The molecule has 0 spiro atoms. The maximum atomic E-state index is 14.7. The predicted octanol–water partition coefficient (Wildman–Crippen LogP) is 6.53. The van der Waals surface area contributed by atoms with Gasteiger partial charge in [0, 0.05) is 38.1 Å². The zero-order valence-electron chi connectivity index (χ0n) is 21.7. The van der Waals surface area contributed by atoms with Gasteiger partial charge >= 0.3 is 0 Å². The Bertz CT molecular complexity index is 1180. The van der Waals surface area contributed by atoms with Crippen LogP contribution in [-0.2, 0) is 6.54 Å². The van der Waals surface area contributed by atoms with Gasteiger partial charge in [-0.1, -0.05) is 73.9 Å². The Morgan fingerprint density at radius 1 is 0.946 bits per heavy atom. The first kappa shape index (κ1) is 25.5. The van der Waals surface area contributed by atoms with E-state index in [-0.39, 0.29) is 29.3 Å². The normalized spacial score (nSPS) is 20.6. The highest BCUT2D eigenvalue weighted by Crippen LogP contribution is 2.37. The van der Waals surface area contributed by atoms with Crippen molar-refractivity contribution in [2.75, 3.05) is 26.7 Å². The molecule has 3 aromatic rings.